The van der Waals surface area contributed by atoms with E-state index in [0.717, 1.165) is 30.8 Å². The predicted molar refractivity (Wildman–Crippen MR) is 52.3 cm³/mol. The molecule has 1 unspecified atom stereocenters. The van der Waals surface area contributed by atoms with Crippen molar-refractivity contribution in [2.75, 3.05) is 6.61 Å². The third kappa shape index (κ3) is 2.11. The van der Waals surface area contributed by atoms with E-state index in [1.54, 1.807) is 6.92 Å². The normalized spacial score (nSPS) is 28.6. The molecule has 0 fully saturated rings. The molecule has 0 aromatic heterocycles. The van der Waals surface area contributed by atoms with E-state index in [-0.39, 0.29) is 11.2 Å². The quantitative estimate of drug-likeness (QED) is 0.656. The third-order valence-electron chi connectivity index (χ3n) is 2.94. The molecule has 1 aliphatic heterocycles. The van der Waals surface area contributed by atoms with E-state index in [1.165, 1.54) is 0 Å². The van der Waals surface area contributed by atoms with Crippen LogP contribution in [0.3, 0.4) is 0 Å². The molecule has 74 valence electrons. The Balaban J connectivity index is 2.88. The summed E-state index contributed by atoms with van der Waals surface area (Å²) in [5.41, 5.74) is 1.02. The van der Waals surface area contributed by atoms with Gasteiger partial charge < -0.3 is 4.74 Å². The van der Waals surface area contributed by atoms with E-state index < -0.39 is 0 Å². The maximum Gasteiger partial charge on any atom is 0.159 e. The summed E-state index contributed by atoms with van der Waals surface area (Å²) in [4.78, 5) is 11.3. The van der Waals surface area contributed by atoms with Gasteiger partial charge in [-0.3, -0.25) is 4.79 Å². The minimum Gasteiger partial charge on any atom is -0.497 e. The Labute approximate surface area is 80.0 Å². The number of ether oxygens (including phenoxy) is 1. The molecule has 13 heavy (non-hydrogen) atoms. The van der Waals surface area contributed by atoms with Crippen LogP contribution in [0.15, 0.2) is 11.3 Å². The van der Waals surface area contributed by atoms with Crippen molar-refractivity contribution in [1.29, 1.82) is 0 Å². The summed E-state index contributed by atoms with van der Waals surface area (Å²) < 4.78 is 5.52. The molecule has 1 heterocycles. The van der Waals surface area contributed by atoms with Crippen molar-refractivity contribution in [3.63, 3.8) is 0 Å². The van der Waals surface area contributed by atoms with Gasteiger partial charge in [-0.15, -0.1) is 0 Å². The highest BCUT2D eigenvalue weighted by molar-refractivity contribution is 5.93. The smallest absolute Gasteiger partial charge is 0.159 e. The van der Waals surface area contributed by atoms with Gasteiger partial charge in [0.2, 0.25) is 0 Å². The highest BCUT2D eigenvalue weighted by atomic mass is 16.5. The van der Waals surface area contributed by atoms with E-state index in [9.17, 15) is 4.79 Å². The third-order valence-corrected chi connectivity index (χ3v) is 2.94. The van der Waals surface area contributed by atoms with Gasteiger partial charge in [0.1, 0.15) is 0 Å². The van der Waals surface area contributed by atoms with Gasteiger partial charge >= 0.3 is 0 Å². The van der Waals surface area contributed by atoms with Gasteiger partial charge in [-0.1, -0.05) is 13.8 Å². The Bertz CT molecular complexity index is 253. The first kappa shape index (κ1) is 10.3. The number of allylic oxidation sites excluding steroid dienone is 2. The fourth-order valence-corrected chi connectivity index (χ4v) is 1.57. The molecule has 0 radical (unpaired) electrons. The highest BCUT2D eigenvalue weighted by Crippen LogP contribution is 2.36. The molecule has 0 bridgehead atoms. The number of hydrogen-bond donors (Lipinski definition) is 0. The minimum atomic E-state index is 0.150. The lowest BCUT2D eigenvalue weighted by Gasteiger charge is -2.34. The minimum absolute atomic E-state index is 0.150. The second kappa shape index (κ2) is 3.52. The van der Waals surface area contributed by atoms with Crippen molar-refractivity contribution in [1.82, 2.24) is 0 Å². The zero-order chi connectivity index (χ0) is 10.1. The fraction of sp³-hybridized carbons (Fsp3) is 0.727. The summed E-state index contributed by atoms with van der Waals surface area (Å²) >= 11 is 0. The Hall–Kier alpha value is -0.790. The van der Waals surface area contributed by atoms with Gasteiger partial charge in [-0.05, 0) is 26.7 Å². The SMILES string of the molecule is CCC1(C)COC(C)=C(C(C)=O)C1. The van der Waals surface area contributed by atoms with Crippen LogP contribution < -0.4 is 0 Å². The molecule has 2 heteroatoms. The first-order chi connectivity index (χ1) is 5.98. The van der Waals surface area contributed by atoms with Crippen LogP contribution in [0.4, 0.5) is 0 Å². The molecule has 0 spiro atoms. The summed E-state index contributed by atoms with van der Waals surface area (Å²) in [5.74, 6) is 0.968. The molecule has 1 atom stereocenters. The maximum atomic E-state index is 11.3. The number of rotatable bonds is 2. The average Bonchev–Trinajstić information content (AvgIpc) is 2.09. The van der Waals surface area contributed by atoms with E-state index in [2.05, 4.69) is 13.8 Å². The molecular weight excluding hydrogens is 164 g/mol. The molecule has 0 aromatic rings. The Morgan fingerprint density at radius 2 is 2.23 bits per heavy atom. The summed E-state index contributed by atoms with van der Waals surface area (Å²) in [6, 6.07) is 0. The highest BCUT2D eigenvalue weighted by Gasteiger charge is 2.31. The van der Waals surface area contributed by atoms with Gasteiger partial charge in [0, 0.05) is 11.0 Å². The van der Waals surface area contributed by atoms with Gasteiger partial charge in [0.25, 0.3) is 0 Å². The van der Waals surface area contributed by atoms with Gasteiger partial charge in [-0.2, -0.15) is 0 Å². The fourth-order valence-electron chi connectivity index (χ4n) is 1.57. The monoisotopic (exact) mass is 182 g/mol. The van der Waals surface area contributed by atoms with E-state index in [1.807, 2.05) is 6.92 Å². The van der Waals surface area contributed by atoms with Crippen LogP contribution in [0, 0.1) is 5.41 Å². The van der Waals surface area contributed by atoms with E-state index >= 15 is 0 Å². The molecule has 0 aromatic carbocycles. The lowest BCUT2D eigenvalue weighted by atomic mass is 9.79. The van der Waals surface area contributed by atoms with Crippen molar-refractivity contribution < 1.29 is 9.53 Å². The van der Waals surface area contributed by atoms with Crippen molar-refractivity contribution in [3.05, 3.63) is 11.3 Å². The second-order valence-electron chi connectivity index (χ2n) is 4.22. The summed E-state index contributed by atoms with van der Waals surface area (Å²) in [5, 5.41) is 0. The van der Waals surface area contributed by atoms with Crippen molar-refractivity contribution >= 4 is 5.78 Å². The van der Waals surface area contributed by atoms with Gasteiger partial charge in [0.15, 0.2) is 5.78 Å². The van der Waals surface area contributed by atoms with Crippen molar-refractivity contribution in [2.24, 2.45) is 5.41 Å². The zero-order valence-electron chi connectivity index (χ0n) is 8.94. The number of hydrogen-bond acceptors (Lipinski definition) is 2. The Morgan fingerprint density at radius 3 is 2.69 bits per heavy atom. The van der Waals surface area contributed by atoms with Crippen LogP contribution in [0.2, 0.25) is 0 Å². The zero-order valence-corrected chi connectivity index (χ0v) is 8.94. The van der Waals surface area contributed by atoms with E-state index in [0.29, 0.717) is 0 Å². The van der Waals surface area contributed by atoms with Crippen LogP contribution in [-0.2, 0) is 9.53 Å². The van der Waals surface area contributed by atoms with Crippen LogP contribution >= 0.6 is 0 Å². The van der Waals surface area contributed by atoms with Gasteiger partial charge in [-0.25, -0.2) is 0 Å². The average molecular weight is 182 g/mol. The van der Waals surface area contributed by atoms with Crippen LogP contribution in [0.5, 0.6) is 0 Å². The lowest BCUT2D eigenvalue weighted by molar-refractivity contribution is -0.114. The van der Waals surface area contributed by atoms with Crippen LogP contribution in [0.1, 0.15) is 40.5 Å². The number of Topliss-reactive ketones (excluding diaryl/α,β-unsaturated/α-hetero) is 1. The first-order valence-corrected chi connectivity index (χ1v) is 4.82. The molecule has 0 N–H and O–H groups in total. The lowest BCUT2D eigenvalue weighted by Crippen LogP contribution is -2.29. The van der Waals surface area contributed by atoms with Crippen LogP contribution in [-0.4, -0.2) is 12.4 Å². The number of carbonyl (C=O) groups is 1. The predicted octanol–water partition coefficient (Wildman–Crippen LogP) is 2.69. The molecule has 1 aliphatic rings. The van der Waals surface area contributed by atoms with Crippen molar-refractivity contribution in [3.8, 4) is 0 Å². The van der Waals surface area contributed by atoms with E-state index in [4.69, 9.17) is 4.74 Å². The summed E-state index contributed by atoms with van der Waals surface area (Å²) in [7, 11) is 0. The largest absolute Gasteiger partial charge is 0.497 e. The topological polar surface area (TPSA) is 26.3 Å². The number of carbonyl (C=O) groups excluding carboxylic acids is 1. The maximum absolute atomic E-state index is 11.3. The number of ketones is 1. The molecule has 1 rings (SSSR count). The van der Waals surface area contributed by atoms with Gasteiger partial charge in [0.05, 0.1) is 12.4 Å². The molecule has 0 aliphatic carbocycles. The first-order valence-electron chi connectivity index (χ1n) is 4.82. The summed E-state index contributed by atoms with van der Waals surface area (Å²) in [6.45, 7) is 8.55. The molecule has 0 saturated heterocycles. The molecular formula is C11H18O2. The Morgan fingerprint density at radius 1 is 1.62 bits per heavy atom. The molecule has 2 nitrogen and oxygen atoms in total. The molecule has 0 saturated carbocycles. The summed E-state index contributed by atoms with van der Waals surface area (Å²) in [6.07, 6.45) is 1.92. The Kier molecular flexibility index (Phi) is 2.79. The van der Waals surface area contributed by atoms with Crippen LogP contribution in [0.25, 0.3) is 0 Å². The standard InChI is InChI=1S/C11H18O2/c1-5-11(4)6-10(8(2)12)9(3)13-7-11/h5-7H2,1-4H3. The molecule has 0 amide bonds. The van der Waals surface area contributed by atoms with Crippen molar-refractivity contribution in [2.45, 2.75) is 40.5 Å². The second-order valence-corrected chi connectivity index (χ2v) is 4.22.